The molecule has 2 atom stereocenters. The summed E-state index contributed by atoms with van der Waals surface area (Å²) in [4.78, 5) is 38.9. The molecule has 0 saturated heterocycles. The zero-order valence-corrected chi connectivity index (χ0v) is 28.7. The van der Waals surface area contributed by atoms with Gasteiger partial charge in [0.05, 0.1) is 11.8 Å². The summed E-state index contributed by atoms with van der Waals surface area (Å²) in [7, 11) is -3.93. The van der Waals surface area contributed by atoms with E-state index in [4.69, 9.17) is 11.1 Å². The summed E-state index contributed by atoms with van der Waals surface area (Å²) < 4.78 is 67.1. The number of amidine groups is 1. The molecule has 14 heteroatoms. The lowest BCUT2D eigenvalue weighted by Crippen LogP contribution is -2.43. The van der Waals surface area contributed by atoms with Crippen LogP contribution in [0.3, 0.4) is 0 Å². The van der Waals surface area contributed by atoms with Crippen molar-refractivity contribution >= 4 is 33.5 Å². The van der Waals surface area contributed by atoms with Gasteiger partial charge in [-0.1, -0.05) is 111 Å². The number of carbonyl (C=O) groups excluding carboxylic acids is 3. The van der Waals surface area contributed by atoms with Crippen LogP contribution in [0.2, 0.25) is 0 Å². The fourth-order valence-corrected chi connectivity index (χ4v) is 6.72. The monoisotopic (exact) mass is 715 g/mol. The molecule has 3 rings (SSSR count). The number of carbonyl (C=O) groups is 3. The van der Waals surface area contributed by atoms with E-state index in [1.54, 1.807) is 72.8 Å². The van der Waals surface area contributed by atoms with Crippen LogP contribution in [0.25, 0.3) is 0 Å². The number of halogens is 3. The predicted molar refractivity (Wildman–Crippen MR) is 185 cm³/mol. The molecule has 0 aromatic heterocycles. The van der Waals surface area contributed by atoms with Crippen molar-refractivity contribution in [3.05, 3.63) is 107 Å². The van der Waals surface area contributed by atoms with E-state index in [0.29, 0.717) is 34.2 Å². The number of Topliss-reactive ketones (excluding diaryl/α,β-unsaturated/α-hetero) is 1. The zero-order chi connectivity index (χ0) is 36.7. The minimum atomic E-state index is -5.04. The van der Waals surface area contributed by atoms with Crippen molar-refractivity contribution in [3.63, 3.8) is 0 Å². The normalized spacial score (nSPS) is 12.9. The molecule has 3 aromatic rings. The zero-order valence-electron chi connectivity index (χ0n) is 27.9. The molecule has 0 aliphatic heterocycles. The quantitative estimate of drug-likeness (QED) is 0.0623. The summed E-state index contributed by atoms with van der Waals surface area (Å²) in [6.45, 7) is 1.72. The minimum Gasteiger partial charge on any atom is -0.384 e. The van der Waals surface area contributed by atoms with E-state index in [9.17, 15) is 36.0 Å². The number of unbranched alkanes of at least 4 members (excludes halogenated alkanes) is 3. The Balaban J connectivity index is 1.83. The maximum atomic E-state index is 13.9. The molecule has 0 unspecified atom stereocenters. The Bertz CT molecular complexity index is 1700. The Kier molecular flexibility index (Phi) is 15.2. The van der Waals surface area contributed by atoms with E-state index in [1.807, 2.05) is 12.2 Å². The van der Waals surface area contributed by atoms with Crippen LogP contribution in [-0.2, 0) is 49.7 Å². The van der Waals surface area contributed by atoms with Crippen LogP contribution in [-0.4, -0.2) is 44.1 Å². The molecule has 0 bridgehead atoms. The third-order valence-corrected chi connectivity index (χ3v) is 9.35. The molecule has 3 aromatic carbocycles. The van der Waals surface area contributed by atoms with Crippen LogP contribution >= 0.6 is 0 Å². The Hall–Kier alpha value is -4.56. The Morgan fingerprint density at radius 3 is 2.10 bits per heavy atom. The molecule has 0 fully saturated rings. The number of sulfonamides is 1. The maximum absolute atomic E-state index is 13.9. The first kappa shape index (κ1) is 39.9. The lowest BCUT2D eigenvalue weighted by molar-refractivity contribution is -0.173. The standard InChI is InChI=1S/C36H44F3N5O5S/c1-2-3-4-8-14-31(44-50(48,49)24-26-10-6-5-7-11-26)32(45)21-30(34(46)42-22-25-15-17-29(18-16-25)33(40)41)20-27-12-9-13-28(19-27)23-43-35(47)36(37,38)39/h5-7,9-13,15-19,30-31,44H,2-4,8,14,20-24H2,1H3,(H3,40,41)(H,42,46)(H,43,47)/t30-,31-/m1/s1. The van der Waals surface area contributed by atoms with Crippen molar-refractivity contribution in [3.8, 4) is 0 Å². The van der Waals surface area contributed by atoms with Crippen LogP contribution in [0.15, 0.2) is 78.9 Å². The fraction of sp³-hybridized carbons (Fsp3) is 0.389. The van der Waals surface area contributed by atoms with E-state index in [0.717, 1.165) is 19.3 Å². The fourth-order valence-electron chi connectivity index (χ4n) is 5.32. The number of nitrogens with two attached hydrogens (primary N) is 1. The van der Waals surface area contributed by atoms with Crippen LogP contribution in [0.4, 0.5) is 13.2 Å². The van der Waals surface area contributed by atoms with Gasteiger partial charge in [-0.25, -0.2) is 13.1 Å². The summed E-state index contributed by atoms with van der Waals surface area (Å²) in [6, 6.07) is 20.5. The van der Waals surface area contributed by atoms with Crippen LogP contribution in [0, 0.1) is 11.3 Å². The molecular weight excluding hydrogens is 671 g/mol. The van der Waals surface area contributed by atoms with Gasteiger partial charge in [0.1, 0.15) is 5.84 Å². The molecule has 270 valence electrons. The summed E-state index contributed by atoms with van der Waals surface area (Å²) >= 11 is 0. The van der Waals surface area contributed by atoms with Crippen LogP contribution < -0.4 is 21.1 Å². The van der Waals surface area contributed by atoms with Gasteiger partial charge in [0.25, 0.3) is 0 Å². The van der Waals surface area contributed by atoms with Gasteiger partial charge in [0.2, 0.25) is 15.9 Å². The molecule has 0 aliphatic rings. The van der Waals surface area contributed by atoms with Crippen LogP contribution in [0.5, 0.6) is 0 Å². The first-order valence-electron chi connectivity index (χ1n) is 16.4. The van der Waals surface area contributed by atoms with Crippen molar-refractivity contribution in [2.24, 2.45) is 11.7 Å². The molecule has 0 radical (unpaired) electrons. The van der Waals surface area contributed by atoms with Crippen molar-refractivity contribution in [2.45, 2.75) is 82.9 Å². The lowest BCUT2D eigenvalue weighted by atomic mass is 9.89. The summed E-state index contributed by atoms with van der Waals surface area (Å²) in [6.07, 6.45) is -1.84. The van der Waals surface area contributed by atoms with Gasteiger partial charge < -0.3 is 16.4 Å². The lowest BCUT2D eigenvalue weighted by Gasteiger charge is -2.22. The number of hydrogen-bond donors (Lipinski definition) is 5. The van der Waals surface area contributed by atoms with Crippen molar-refractivity contribution in [1.82, 2.24) is 15.4 Å². The number of alkyl halides is 3. The third kappa shape index (κ3) is 13.7. The number of amides is 2. The first-order valence-corrected chi connectivity index (χ1v) is 18.0. The highest BCUT2D eigenvalue weighted by Gasteiger charge is 2.38. The largest absolute Gasteiger partial charge is 0.471 e. The second kappa shape index (κ2) is 19.0. The molecule has 0 heterocycles. The third-order valence-electron chi connectivity index (χ3n) is 7.99. The second-order valence-corrected chi connectivity index (χ2v) is 13.9. The molecule has 0 spiro atoms. The number of rotatable bonds is 20. The molecule has 10 nitrogen and oxygen atoms in total. The first-order chi connectivity index (χ1) is 23.7. The topological polar surface area (TPSA) is 171 Å². The maximum Gasteiger partial charge on any atom is 0.471 e. The number of benzene rings is 3. The van der Waals surface area contributed by atoms with Crippen LogP contribution in [0.1, 0.15) is 73.3 Å². The van der Waals surface area contributed by atoms with Gasteiger partial charge >= 0.3 is 12.1 Å². The SMILES string of the molecule is CCCCCC[C@@H](NS(=O)(=O)Cc1ccccc1)C(=O)C[C@@H](Cc1cccc(CNC(=O)C(F)(F)F)c1)C(=O)NCc1ccc(C(=N)N)cc1. The molecule has 0 aliphatic carbocycles. The Morgan fingerprint density at radius 2 is 1.46 bits per heavy atom. The molecule has 2 amide bonds. The molecular formula is C36H44F3N5O5S. The van der Waals surface area contributed by atoms with Crippen molar-refractivity contribution < 1.29 is 36.0 Å². The summed E-state index contributed by atoms with van der Waals surface area (Å²) in [5.41, 5.74) is 8.19. The van der Waals surface area contributed by atoms with E-state index in [-0.39, 0.29) is 37.4 Å². The summed E-state index contributed by atoms with van der Waals surface area (Å²) in [5.74, 6) is -4.42. The van der Waals surface area contributed by atoms with Crippen molar-refractivity contribution in [2.75, 3.05) is 0 Å². The number of nitrogen functional groups attached to an aromatic ring is 1. The Morgan fingerprint density at radius 1 is 0.820 bits per heavy atom. The van der Waals surface area contributed by atoms with Gasteiger partial charge in [0, 0.05) is 31.0 Å². The van der Waals surface area contributed by atoms with Gasteiger partial charge in [-0.05, 0) is 35.1 Å². The van der Waals surface area contributed by atoms with Gasteiger partial charge in [-0.2, -0.15) is 13.2 Å². The highest BCUT2D eigenvalue weighted by molar-refractivity contribution is 7.88. The van der Waals surface area contributed by atoms with E-state index in [2.05, 4.69) is 10.0 Å². The second-order valence-electron chi connectivity index (χ2n) is 12.2. The van der Waals surface area contributed by atoms with Crippen molar-refractivity contribution in [1.29, 1.82) is 5.41 Å². The smallest absolute Gasteiger partial charge is 0.384 e. The molecule has 50 heavy (non-hydrogen) atoms. The minimum absolute atomic E-state index is 0.0151. The van der Waals surface area contributed by atoms with E-state index >= 15 is 0 Å². The molecule has 0 saturated carbocycles. The number of hydrogen-bond acceptors (Lipinski definition) is 6. The predicted octanol–water partition coefficient (Wildman–Crippen LogP) is 5.04. The molecule has 6 N–H and O–H groups in total. The average molecular weight is 716 g/mol. The number of ketones is 1. The highest BCUT2D eigenvalue weighted by Crippen LogP contribution is 2.20. The summed E-state index contributed by atoms with van der Waals surface area (Å²) in [5, 5.41) is 12.2. The highest BCUT2D eigenvalue weighted by atomic mass is 32.2. The van der Waals surface area contributed by atoms with Gasteiger partial charge in [0.15, 0.2) is 5.78 Å². The van der Waals surface area contributed by atoms with E-state index < -0.39 is 52.3 Å². The van der Waals surface area contributed by atoms with E-state index in [1.165, 1.54) is 6.07 Å². The average Bonchev–Trinajstić information content (AvgIpc) is 3.07. The van der Waals surface area contributed by atoms with Gasteiger partial charge in [-0.15, -0.1) is 0 Å². The Labute approximate surface area is 291 Å². The van der Waals surface area contributed by atoms with Gasteiger partial charge in [-0.3, -0.25) is 19.8 Å². The number of nitrogens with one attached hydrogen (secondary N) is 4.